The summed E-state index contributed by atoms with van der Waals surface area (Å²) in [4.78, 5) is 3.39. The Labute approximate surface area is 91.0 Å². The molecule has 0 spiro atoms. The SMILES string of the molecule is NCc1nc(OC(F)(F)F)cc(Br)c1O. The lowest BCUT2D eigenvalue weighted by atomic mass is 10.3. The zero-order valence-electron chi connectivity index (χ0n) is 7.18. The van der Waals surface area contributed by atoms with Crippen LogP contribution >= 0.6 is 15.9 Å². The van der Waals surface area contributed by atoms with Gasteiger partial charge in [-0.25, -0.2) is 4.98 Å². The number of alkyl halides is 3. The Hall–Kier alpha value is -1.02. The minimum Gasteiger partial charge on any atom is -0.505 e. The van der Waals surface area contributed by atoms with E-state index in [1.807, 2.05) is 0 Å². The predicted octanol–water partition coefficient (Wildman–Crippen LogP) is 1.91. The van der Waals surface area contributed by atoms with E-state index < -0.39 is 12.2 Å². The fourth-order valence-electron chi connectivity index (χ4n) is 0.846. The van der Waals surface area contributed by atoms with E-state index in [9.17, 15) is 18.3 Å². The number of nitrogens with two attached hydrogens (primary N) is 1. The molecule has 0 aliphatic carbocycles. The lowest BCUT2D eigenvalue weighted by Crippen LogP contribution is -2.18. The van der Waals surface area contributed by atoms with Gasteiger partial charge in [-0.1, -0.05) is 0 Å². The highest BCUT2D eigenvalue weighted by Crippen LogP contribution is 2.31. The number of nitrogens with zero attached hydrogens (tertiary/aromatic N) is 1. The van der Waals surface area contributed by atoms with Gasteiger partial charge in [0.15, 0.2) is 5.75 Å². The third kappa shape index (κ3) is 3.24. The van der Waals surface area contributed by atoms with Crippen molar-refractivity contribution in [2.45, 2.75) is 12.9 Å². The zero-order valence-corrected chi connectivity index (χ0v) is 8.76. The van der Waals surface area contributed by atoms with Crippen LogP contribution in [0.4, 0.5) is 13.2 Å². The summed E-state index contributed by atoms with van der Waals surface area (Å²) < 4.78 is 39.1. The van der Waals surface area contributed by atoms with E-state index in [0.717, 1.165) is 6.07 Å². The van der Waals surface area contributed by atoms with Gasteiger partial charge in [0, 0.05) is 12.6 Å². The summed E-state index contributed by atoms with van der Waals surface area (Å²) in [5, 5.41) is 9.29. The van der Waals surface area contributed by atoms with E-state index in [1.165, 1.54) is 0 Å². The molecule has 1 aromatic rings. The van der Waals surface area contributed by atoms with E-state index in [4.69, 9.17) is 5.73 Å². The maximum Gasteiger partial charge on any atom is 0.574 e. The first-order chi connectivity index (χ1) is 6.83. The Morgan fingerprint density at radius 3 is 2.60 bits per heavy atom. The average molecular weight is 287 g/mol. The zero-order chi connectivity index (χ0) is 11.6. The smallest absolute Gasteiger partial charge is 0.505 e. The largest absolute Gasteiger partial charge is 0.574 e. The molecule has 0 atom stereocenters. The molecular weight excluding hydrogens is 281 g/mol. The van der Waals surface area contributed by atoms with Gasteiger partial charge >= 0.3 is 6.36 Å². The van der Waals surface area contributed by atoms with Gasteiger partial charge < -0.3 is 15.6 Å². The van der Waals surface area contributed by atoms with Crippen molar-refractivity contribution in [1.82, 2.24) is 4.98 Å². The molecule has 15 heavy (non-hydrogen) atoms. The lowest BCUT2D eigenvalue weighted by Gasteiger charge is -2.10. The summed E-state index contributed by atoms with van der Waals surface area (Å²) in [6.07, 6.45) is -4.82. The Morgan fingerprint density at radius 2 is 2.13 bits per heavy atom. The third-order valence-electron chi connectivity index (χ3n) is 1.41. The molecule has 0 saturated heterocycles. The first-order valence-corrected chi connectivity index (χ1v) is 4.47. The van der Waals surface area contributed by atoms with Crippen molar-refractivity contribution in [1.29, 1.82) is 0 Å². The number of hydrogen-bond donors (Lipinski definition) is 2. The van der Waals surface area contributed by atoms with Gasteiger partial charge in [-0.15, -0.1) is 13.2 Å². The first-order valence-electron chi connectivity index (χ1n) is 3.67. The van der Waals surface area contributed by atoms with E-state index in [0.29, 0.717) is 0 Å². The Morgan fingerprint density at radius 1 is 1.53 bits per heavy atom. The van der Waals surface area contributed by atoms with Crippen LogP contribution in [0.2, 0.25) is 0 Å². The molecule has 3 N–H and O–H groups in total. The normalized spacial score (nSPS) is 11.5. The molecule has 1 heterocycles. The number of hydrogen-bond acceptors (Lipinski definition) is 4. The fourth-order valence-corrected chi connectivity index (χ4v) is 1.27. The van der Waals surface area contributed by atoms with Gasteiger partial charge in [-0.3, -0.25) is 0 Å². The van der Waals surface area contributed by atoms with Crippen LogP contribution in [0.3, 0.4) is 0 Å². The maximum atomic E-state index is 11.8. The summed E-state index contributed by atoms with van der Waals surface area (Å²) in [5.41, 5.74) is 5.09. The topological polar surface area (TPSA) is 68.4 Å². The number of aromatic hydroxyl groups is 1. The number of aromatic nitrogens is 1. The van der Waals surface area contributed by atoms with Crippen molar-refractivity contribution < 1.29 is 23.0 Å². The van der Waals surface area contributed by atoms with Crippen molar-refractivity contribution in [2.24, 2.45) is 5.73 Å². The highest BCUT2D eigenvalue weighted by molar-refractivity contribution is 9.10. The molecule has 84 valence electrons. The van der Waals surface area contributed by atoms with Gasteiger partial charge in [0.25, 0.3) is 0 Å². The van der Waals surface area contributed by atoms with Crippen LogP contribution in [-0.2, 0) is 6.54 Å². The van der Waals surface area contributed by atoms with Crippen LogP contribution in [-0.4, -0.2) is 16.5 Å². The summed E-state index contributed by atoms with van der Waals surface area (Å²) in [5.74, 6) is -0.973. The fraction of sp³-hybridized carbons (Fsp3) is 0.286. The van der Waals surface area contributed by atoms with E-state index in [2.05, 4.69) is 25.7 Å². The number of pyridine rings is 1. The third-order valence-corrected chi connectivity index (χ3v) is 2.01. The summed E-state index contributed by atoms with van der Waals surface area (Å²) in [6, 6.07) is 0.905. The van der Waals surface area contributed by atoms with Gasteiger partial charge in [-0.2, -0.15) is 0 Å². The molecule has 0 unspecified atom stereocenters. The molecule has 0 bridgehead atoms. The average Bonchev–Trinajstić information content (AvgIpc) is 2.08. The Balaban J connectivity index is 3.06. The molecule has 0 fully saturated rings. The summed E-state index contributed by atoms with van der Waals surface area (Å²) in [6.45, 7) is -0.195. The van der Waals surface area contributed by atoms with Crippen molar-refractivity contribution >= 4 is 15.9 Å². The van der Waals surface area contributed by atoms with Crippen molar-refractivity contribution in [3.05, 3.63) is 16.2 Å². The van der Waals surface area contributed by atoms with Crippen LogP contribution < -0.4 is 10.5 Å². The number of halogens is 4. The van der Waals surface area contributed by atoms with Crippen molar-refractivity contribution in [3.8, 4) is 11.6 Å². The van der Waals surface area contributed by atoms with E-state index >= 15 is 0 Å². The van der Waals surface area contributed by atoms with Crippen molar-refractivity contribution in [2.75, 3.05) is 0 Å². The quantitative estimate of drug-likeness (QED) is 0.871. The van der Waals surface area contributed by atoms with Gasteiger partial charge in [0.2, 0.25) is 5.88 Å². The second-order valence-electron chi connectivity index (χ2n) is 2.49. The van der Waals surface area contributed by atoms with Crippen LogP contribution in [0.15, 0.2) is 10.5 Å². The second kappa shape index (κ2) is 4.23. The van der Waals surface area contributed by atoms with Gasteiger partial charge in [0.05, 0.1) is 4.47 Å². The highest BCUT2D eigenvalue weighted by atomic mass is 79.9. The molecular formula is C7H6BrF3N2O2. The monoisotopic (exact) mass is 286 g/mol. The first kappa shape index (κ1) is 12.1. The number of rotatable bonds is 2. The minimum atomic E-state index is -4.82. The van der Waals surface area contributed by atoms with Crippen LogP contribution in [0, 0.1) is 0 Å². The molecule has 1 aromatic heterocycles. The molecule has 0 aliphatic rings. The Kier molecular flexibility index (Phi) is 3.40. The van der Waals surface area contributed by atoms with E-state index in [-0.39, 0.29) is 22.5 Å². The Bertz CT molecular complexity index is 370. The summed E-state index contributed by atoms with van der Waals surface area (Å²) >= 11 is 2.85. The standard InChI is InChI=1S/C7H6BrF3N2O2/c8-3-1-5(15-7(9,10)11)13-4(2-12)6(3)14/h1,14H,2,12H2. The molecule has 8 heteroatoms. The molecule has 0 amide bonds. The highest BCUT2D eigenvalue weighted by Gasteiger charge is 2.32. The van der Waals surface area contributed by atoms with Crippen LogP contribution in [0.1, 0.15) is 5.69 Å². The predicted molar refractivity (Wildman–Crippen MR) is 48.2 cm³/mol. The van der Waals surface area contributed by atoms with Crippen LogP contribution in [0.5, 0.6) is 11.6 Å². The second-order valence-corrected chi connectivity index (χ2v) is 3.34. The molecule has 0 aromatic carbocycles. The number of ether oxygens (including phenoxy) is 1. The van der Waals surface area contributed by atoms with Crippen LogP contribution in [0.25, 0.3) is 0 Å². The van der Waals surface area contributed by atoms with Gasteiger partial charge in [-0.05, 0) is 15.9 Å². The van der Waals surface area contributed by atoms with Gasteiger partial charge in [0.1, 0.15) is 5.69 Å². The molecule has 0 saturated carbocycles. The lowest BCUT2D eigenvalue weighted by molar-refractivity contribution is -0.276. The summed E-state index contributed by atoms with van der Waals surface area (Å²) in [7, 11) is 0. The maximum absolute atomic E-state index is 11.8. The molecule has 4 nitrogen and oxygen atoms in total. The minimum absolute atomic E-state index is 0.0391. The molecule has 0 radical (unpaired) electrons. The molecule has 1 rings (SSSR count). The molecule has 0 aliphatic heterocycles. The van der Waals surface area contributed by atoms with Crippen molar-refractivity contribution in [3.63, 3.8) is 0 Å². The van der Waals surface area contributed by atoms with E-state index in [1.54, 1.807) is 0 Å².